The van der Waals surface area contributed by atoms with Gasteiger partial charge >= 0.3 is 0 Å². The molecular weight excluding hydrogens is 164 g/mol. The average molecular weight is 178 g/mol. The summed E-state index contributed by atoms with van der Waals surface area (Å²) in [7, 11) is 0. The van der Waals surface area contributed by atoms with Crippen LogP contribution in [-0.4, -0.2) is 6.61 Å². The maximum absolute atomic E-state index is 8.61. The van der Waals surface area contributed by atoms with E-state index in [1.165, 1.54) is 0 Å². The van der Waals surface area contributed by atoms with E-state index in [-0.39, 0.29) is 5.57 Å². The van der Waals surface area contributed by atoms with Crippen LogP contribution in [0.3, 0.4) is 0 Å². The van der Waals surface area contributed by atoms with E-state index >= 15 is 0 Å². The van der Waals surface area contributed by atoms with Gasteiger partial charge in [0.2, 0.25) is 0 Å². The zero-order valence-corrected chi connectivity index (χ0v) is 8.13. The van der Waals surface area contributed by atoms with Crippen LogP contribution in [0, 0.1) is 22.7 Å². The predicted molar refractivity (Wildman–Crippen MR) is 49.4 cm³/mol. The van der Waals surface area contributed by atoms with Gasteiger partial charge in [0.15, 0.2) is 5.57 Å². The molecule has 0 aromatic rings. The Balaban J connectivity index is 4.48. The van der Waals surface area contributed by atoms with Crippen molar-refractivity contribution in [1.82, 2.24) is 0 Å². The highest BCUT2D eigenvalue weighted by atomic mass is 16.5. The summed E-state index contributed by atoms with van der Waals surface area (Å²) >= 11 is 0. The fourth-order valence-electron chi connectivity index (χ4n) is 0.931. The molecule has 0 aliphatic rings. The number of nitrogens with zero attached hydrogens (tertiary/aromatic N) is 2. The molecule has 0 aliphatic heterocycles. The Bertz CT molecular complexity index is 239. The van der Waals surface area contributed by atoms with Crippen molar-refractivity contribution in [2.24, 2.45) is 0 Å². The van der Waals surface area contributed by atoms with Crippen LogP contribution >= 0.6 is 0 Å². The number of unbranched alkanes of at least 4 members (excludes halogenated alkanes) is 1. The highest BCUT2D eigenvalue weighted by Gasteiger charge is 2.05. The molecule has 0 aliphatic carbocycles. The van der Waals surface area contributed by atoms with Crippen LogP contribution in [0.2, 0.25) is 0 Å². The first-order valence-electron chi connectivity index (χ1n) is 4.46. The summed E-state index contributed by atoms with van der Waals surface area (Å²) in [5, 5.41) is 17.2. The van der Waals surface area contributed by atoms with Gasteiger partial charge in [-0.1, -0.05) is 13.3 Å². The van der Waals surface area contributed by atoms with Gasteiger partial charge in [-0.2, -0.15) is 10.5 Å². The van der Waals surface area contributed by atoms with Gasteiger partial charge in [-0.25, -0.2) is 0 Å². The summed E-state index contributed by atoms with van der Waals surface area (Å²) < 4.78 is 5.22. The number of rotatable bonds is 5. The molecule has 0 atom stereocenters. The minimum Gasteiger partial charge on any atom is -0.496 e. The second-order valence-corrected chi connectivity index (χ2v) is 2.56. The van der Waals surface area contributed by atoms with Crippen molar-refractivity contribution < 1.29 is 4.74 Å². The van der Waals surface area contributed by atoms with E-state index in [0.717, 1.165) is 12.8 Å². The third-order valence-electron chi connectivity index (χ3n) is 1.58. The normalized spacial score (nSPS) is 8.31. The van der Waals surface area contributed by atoms with E-state index in [1.807, 2.05) is 19.1 Å². The van der Waals surface area contributed by atoms with Crippen LogP contribution in [0.5, 0.6) is 0 Å². The molecule has 0 aromatic carbocycles. The van der Waals surface area contributed by atoms with E-state index in [4.69, 9.17) is 15.3 Å². The maximum atomic E-state index is 8.61. The molecule has 0 amide bonds. The van der Waals surface area contributed by atoms with Gasteiger partial charge in [-0.05, 0) is 13.3 Å². The van der Waals surface area contributed by atoms with Crippen molar-refractivity contribution in [3.05, 3.63) is 11.3 Å². The Morgan fingerprint density at radius 3 is 2.23 bits per heavy atom. The Morgan fingerprint density at radius 2 is 1.85 bits per heavy atom. The highest BCUT2D eigenvalue weighted by Crippen LogP contribution is 2.13. The predicted octanol–water partition coefficient (Wildman–Crippen LogP) is 2.51. The van der Waals surface area contributed by atoms with Gasteiger partial charge in [0, 0.05) is 6.42 Å². The van der Waals surface area contributed by atoms with E-state index in [0.29, 0.717) is 18.8 Å². The molecule has 0 unspecified atom stereocenters. The zero-order chi connectivity index (χ0) is 10.1. The molecule has 0 N–H and O–H groups in total. The van der Waals surface area contributed by atoms with Crippen molar-refractivity contribution in [3.63, 3.8) is 0 Å². The molecule has 0 rings (SSSR count). The van der Waals surface area contributed by atoms with Gasteiger partial charge < -0.3 is 4.74 Å². The first-order valence-corrected chi connectivity index (χ1v) is 4.46. The summed E-state index contributed by atoms with van der Waals surface area (Å²) in [6.07, 6.45) is 2.66. The molecule has 3 nitrogen and oxygen atoms in total. The van der Waals surface area contributed by atoms with Crippen LogP contribution in [0.25, 0.3) is 0 Å². The van der Waals surface area contributed by atoms with Gasteiger partial charge in [0.25, 0.3) is 0 Å². The van der Waals surface area contributed by atoms with Crippen LogP contribution in [0.4, 0.5) is 0 Å². The number of hydrogen-bond donors (Lipinski definition) is 0. The largest absolute Gasteiger partial charge is 0.496 e. The molecule has 0 bridgehead atoms. The molecule has 0 spiro atoms. The molecule has 0 saturated carbocycles. The van der Waals surface area contributed by atoms with E-state index < -0.39 is 0 Å². The number of ether oxygens (including phenoxy) is 1. The first kappa shape index (κ1) is 11.5. The van der Waals surface area contributed by atoms with E-state index in [9.17, 15) is 0 Å². The van der Waals surface area contributed by atoms with Crippen molar-refractivity contribution >= 4 is 0 Å². The number of hydrogen-bond acceptors (Lipinski definition) is 3. The topological polar surface area (TPSA) is 56.8 Å². The highest BCUT2D eigenvalue weighted by molar-refractivity contribution is 5.37. The molecule has 0 radical (unpaired) electrons. The Kier molecular flexibility index (Phi) is 6.37. The Labute approximate surface area is 79.2 Å². The second kappa shape index (κ2) is 7.18. The average Bonchev–Trinajstić information content (AvgIpc) is 2.16. The fourth-order valence-corrected chi connectivity index (χ4v) is 0.931. The van der Waals surface area contributed by atoms with Gasteiger partial charge in [-0.15, -0.1) is 0 Å². The Morgan fingerprint density at radius 1 is 1.23 bits per heavy atom. The lowest BCUT2D eigenvalue weighted by Gasteiger charge is -2.06. The first-order chi connectivity index (χ1) is 6.29. The Hall–Kier alpha value is -1.48. The number of allylic oxidation sites excluding steroid dienone is 2. The molecule has 0 saturated heterocycles. The number of nitriles is 2. The van der Waals surface area contributed by atoms with Crippen molar-refractivity contribution in [3.8, 4) is 12.1 Å². The minimum atomic E-state index is 0.107. The van der Waals surface area contributed by atoms with Gasteiger partial charge in [0.1, 0.15) is 17.9 Å². The summed E-state index contributed by atoms with van der Waals surface area (Å²) in [5.74, 6) is 0.536. The lowest BCUT2D eigenvalue weighted by Crippen LogP contribution is -1.95. The third kappa shape index (κ3) is 4.18. The molecule has 0 fully saturated rings. The standard InChI is InChI=1S/C10H14N2O/c1-3-5-6-10(13-4-2)9(7-11)8-12/h3-6H2,1-2H3. The van der Waals surface area contributed by atoms with E-state index in [2.05, 4.69) is 6.92 Å². The molecule has 0 heterocycles. The van der Waals surface area contributed by atoms with Crippen LogP contribution in [0.15, 0.2) is 11.3 Å². The molecule has 13 heavy (non-hydrogen) atoms. The second-order valence-electron chi connectivity index (χ2n) is 2.56. The van der Waals surface area contributed by atoms with Gasteiger partial charge in [0.05, 0.1) is 6.61 Å². The van der Waals surface area contributed by atoms with E-state index in [1.54, 1.807) is 0 Å². The minimum absolute atomic E-state index is 0.107. The quantitative estimate of drug-likeness (QED) is 0.480. The lowest BCUT2D eigenvalue weighted by atomic mass is 10.1. The third-order valence-corrected chi connectivity index (χ3v) is 1.58. The maximum Gasteiger partial charge on any atom is 0.167 e. The van der Waals surface area contributed by atoms with Crippen LogP contribution < -0.4 is 0 Å². The van der Waals surface area contributed by atoms with Gasteiger partial charge in [-0.3, -0.25) is 0 Å². The van der Waals surface area contributed by atoms with Crippen LogP contribution in [0.1, 0.15) is 33.1 Å². The van der Waals surface area contributed by atoms with Crippen molar-refractivity contribution in [2.75, 3.05) is 6.61 Å². The van der Waals surface area contributed by atoms with Crippen molar-refractivity contribution in [2.45, 2.75) is 33.1 Å². The molecule has 0 aromatic heterocycles. The monoisotopic (exact) mass is 178 g/mol. The summed E-state index contributed by atoms with van der Waals surface area (Å²) in [5.41, 5.74) is 0.107. The molecular formula is C10H14N2O. The summed E-state index contributed by atoms with van der Waals surface area (Å²) in [4.78, 5) is 0. The smallest absolute Gasteiger partial charge is 0.167 e. The SMILES string of the molecule is CCCCC(OCC)=C(C#N)C#N. The summed E-state index contributed by atoms with van der Waals surface area (Å²) in [6, 6.07) is 3.68. The van der Waals surface area contributed by atoms with Crippen LogP contribution in [-0.2, 0) is 4.74 Å². The molecule has 70 valence electrons. The zero-order valence-electron chi connectivity index (χ0n) is 8.13. The van der Waals surface area contributed by atoms with Crippen molar-refractivity contribution in [1.29, 1.82) is 10.5 Å². The summed E-state index contributed by atoms with van der Waals surface area (Å²) in [6.45, 7) is 4.41. The lowest BCUT2D eigenvalue weighted by molar-refractivity contribution is 0.215. The fraction of sp³-hybridized carbons (Fsp3) is 0.600. The molecule has 3 heteroatoms.